The minimum absolute atomic E-state index is 0.824. The number of nitrogens with two attached hydrogens (primary N) is 1. The van der Waals surface area contributed by atoms with Gasteiger partial charge in [-0.15, -0.1) is 11.3 Å². The monoisotopic (exact) mass is 321 g/mol. The van der Waals surface area contributed by atoms with Gasteiger partial charge in [-0.3, -0.25) is 4.90 Å². The quantitative estimate of drug-likeness (QED) is 0.743. The largest absolute Gasteiger partial charge is 0.399 e. The third-order valence-electron chi connectivity index (χ3n) is 4.22. The summed E-state index contributed by atoms with van der Waals surface area (Å²) in [6.07, 6.45) is 1.04. The van der Waals surface area contributed by atoms with Gasteiger partial charge in [0.05, 0.1) is 5.69 Å². The van der Waals surface area contributed by atoms with Crippen molar-refractivity contribution >= 4 is 17.0 Å². The van der Waals surface area contributed by atoms with E-state index in [1.54, 1.807) is 0 Å². The zero-order chi connectivity index (χ0) is 15.6. The Morgan fingerprint density at radius 3 is 2.61 bits per heavy atom. The molecule has 0 saturated heterocycles. The van der Waals surface area contributed by atoms with Crippen molar-refractivity contribution in [2.45, 2.75) is 19.5 Å². The molecule has 0 bridgehead atoms. The summed E-state index contributed by atoms with van der Waals surface area (Å²) in [5.41, 5.74) is 10.4. The summed E-state index contributed by atoms with van der Waals surface area (Å²) >= 11 is 1.83. The maximum absolute atomic E-state index is 5.76. The van der Waals surface area contributed by atoms with Gasteiger partial charge in [0.25, 0.3) is 0 Å². The number of benzene rings is 2. The van der Waals surface area contributed by atoms with Gasteiger partial charge in [0.2, 0.25) is 0 Å². The van der Waals surface area contributed by atoms with Crippen molar-refractivity contribution in [1.29, 1.82) is 0 Å². The van der Waals surface area contributed by atoms with Crippen LogP contribution in [-0.4, -0.2) is 16.4 Å². The Morgan fingerprint density at radius 2 is 1.83 bits per heavy atom. The van der Waals surface area contributed by atoms with Gasteiger partial charge in [-0.2, -0.15) is 0 Å². The van der Waals surface area contributed by atoms with Crippen molar-refractivity contribution < 1.29 is 0 Å². The molecule has 3 aromatic rings. The van der Waals surface area contributed by atoms with Crippen LogP contribution < -0.4 is 5.73 Å². The molecule has 1 aliphatic rings. The fraction of sp³-hybridized carbons (Fsp3) is 0.211. The van der Waals surface area contributed by atoms with Crippen LogP contribution in [0.2, 0.25) is 0 Å². The molecule has 0 fully saturated rings. The Bertz CT molecular complexity index is 793. The van der Waals surface area contributed by atoms with Gasteiger partial charge in [0, 0.05) is 42.2 Å². The topological polar surface area (TPSA) is 42.1 Å². The van der Waals surface area contributed by atoms with Crippen molar-refractivity contribution in [1.82, 2.24) is 9.88 Å². The number of thiazole rings is 1. The average molecular weight is 321 g/mol. The molecular weight excluding hydrogens is 302 g/mol. The van der Waals surface area contributed by atoms with Gasteiger partial charge in [-0.25, -0.2) is 4.98 Å². The molecule has 116 valence electrons. The van der Waals surface area contributed by atoms with E-state index in [4.69, 9.17) is 10.7 Å². The molecule has 0 saturated carbocycles. The maximum atomic E-state index is 5.76. The molecule has 4 heteroatoms. The Labute approximate surface area is 140 Å². The van der Waals surface area contributed by atoms with Crippen LogP contribution in [0, 0.1) is 0 Å². The molecule has 1 aromatic heterocycles. The van der Waals surface area contributed by atoms with Crippen molar-refractivity contribution in [3.05, 3.63) is 70.7 Å². The molecule has 23 heavy (non-hydrogen) atoms. The molecule has 0 amide bonds. The highest BCUT2D eigenvalue weighted by molar-refractivity contribution is 7.15. The molecule has 2 aromatic carbocycles. The van der Waals surface area contributed by atoms with Crippen LogP contribution in [0.5, 0.6) is 0 Å². The molecule has 2 heterocycles. The minimum atomic E-state index is 0.824. The van der Waals surface area contributed by atoms with Crippen LogP contribution in [0.3, 0.4) is 0 Å². The van der Waals surface area contributed by atoms with E-state index < -0.39 is 0 Å². The number of nitrogen functional groups attached to an aromatic ring is 1. The molecule has 0 spiro atoms. The Morgan fingerprint density at radius 1 is 1.04 bits per heavy atom. The fourth-order valence-electron chi connectivity index (χ4n) is 2.97. The van der Waals surface area contributed by atoms with E-state index in [9.17, 15) is 0 Å². The molecule has 0 radical (unpaired) electrons. The predicted molar refractivity (Wildman–Crippen MR) is 96.2 cm³/mol. The minimum Gasteiger partial charge on any atom is -0.399 e. The highest BCUT2D eigenvalue weighted by atomic mass is 32.1. The number of rotatable bonds is 3. The van der Waals surface area contributed by atoms with E-state index in [0.717, 1.165) is 36.8 Å². The maximum Gasteiger partial charge on any atom is 0.123 e. The fourth-order valence-corrected chi connectivity index (χ4v) is 4.12. The van der Waals surface area contributed by atoms with Crippen LogP contribution in [-0.2, 0) is 19.5 Å². The predicted octanol–water partition coefficient (Wildman–Crippen LogP) is 3.95. The third kappa shape index (κ3) is 3.14. The summed E-state index contributed by atoms with van der Waals surface area (Å²) in [6.45, 7) is 3.03. The molecule has 0 aliphatic carbocycles. The van der Waals surface area contributed by atoms with E-state index in [0.29, 0.717) is 0 Å². The van der Waals surface area contributed by atoms with E-state index >= 15 is 0 Å². The molecule has 4 rings (SSSR count). The highest BCUT2D eigenvalue weighted by Crippen LogP contribution is 2.32. The van der Waals surface area contributed by atoms with Crippen LogP contribution in [0.15, 0.2) is 54.6 Å². The summed E-state index contributed by atoms with van der Waals surface area (Å²) < 4.78 is 0. The second kappa shape index (κ2) is 6.14. The first-order valence-electron chi connectivity index (χ1n) is 7.89. The molecular formula is C19H19N3S. The zero-order valence-corrected chi connectivity index (χ0v) is 13.7. The average Bonchev–Trinajstić information content (AvgIpc) is 3.01. The lowest BCUT2D eigenvalue weighted by molar-refractivity contribution is 0.247. The van der Waals surface area contributed by atoms with Gasteiger partial charge in [0.1, 0.15) is 5.01 Å². The van der Waals surface area contributed by atoms with E-state index in [-0.39, 0.29) is 0 Å². The third-order valence-corrected chi connectivity index (χ3v) is 5.35. The first-order valence-corrected chi connectivity index (χ1v) is 8.70. The summed E-state index contributed by atoms with van der Waals surface area (Å²) in [7, 11) is 0. The molecule has 1 aliphatic heterocycles. The smallest absolute Gasteiger partial charge is 0.123 e. The van der Waals surface area contributed by atoms with Gasteiger partial charge < -0.3 is 5.73 Å². The van der Waals surface area contributed by atoms with Gasteiger partial charge in [-0.05, 0) is 17.7 Å². The Hall–Kier alpha value is -2.17. The molecule has 2 N–H and O–H groups in total. The lowest BCUT2D eigenvalue weighted by Gasteiger charge is -2.25. The number of hydrogen-bond acceptors (Lipinski definition) is 4. The molecule has 3 nitrogen and oxygen atoms in total. The number of fused-ring (bicyclic) bond motifs is 1. The second-order valence-corrected chi connectivity index (χ2v) is 7.04. The van der Waals surface area contributed by atoms with Gasteiger partial charge in [-0.1, -0.05) is 42.5 Å². The van der Waals surface area contributed by atoms with Crippen LogP contribution in [0.4, 0.5) is 5.69 Å². The summed E-state index contributed by atoms with van der Waals surface area (Å²) in [4.78, 5) is 8.74. The number of aromatic nitrogens is 1. The van der Waals surface area contributed by atoms with Crippen molar-refractivity contribution in [3.63, 3.8) is 0 Å². The zero-order valence-electron chi connectivity index (χ0n) is 12.9. The van der Waals surface area contributed by atoms with Crippen LogP contribution in [0.1, 0.15) is 16.1 Å². The number of nitrogens with zero attached hydrogens (tertiary/aromatic N) is 2. The van der Waals surface area contributed by atoms with Crippen molar-refractivity contribution in [2.75, 3.05) is 12.3 Å². The van der Waals surface area contributed by atoms with Crippen LogP contribution >= 0.6 is 11.3 Å². The molecule has 0 unspecified atom stereocenters. The van der Waals surface area contributed by atoms with Crippen molar-refractivity contribution in [3.8, 4) is 10.6 Å². The Balaban J connectivity index is 1.51. The van der Waals surface area contributed by atoms with Gasteiger partial charge >= 0.3 is 0 Å². The number of hydrogen-bond donors (Lipinski definition) is 1. The number of anilines is 1. The SMILES string of the molecule is Nc1ccc(CN2CCc3nc(-c4ccccc4)sc3C2)cc1. The highest BCUT2D eigenvalue weighted by Gasteiger charge is 2.21. The summed E-state index contributed by atoms with van der Waals surface area (Å²) in [5.74, 6) is 0. The lowest BCUT2D eigenvalue weighted by Crippen LogP contribution is -2.29. The standard InChI is InChI=1S/C19H19N3S/c20-16-8-6-14(7-9-16)12-22-11-10-17-18(13-22)23-19(21-17)15-4-2-1-3-5-15/h1-9H,10-13,20H2. The second-order valence-electron chi connectivity index (χ2n) is 5.96. The van der Waals surface area contributed by atoms with Gasteiger partial charge in [0.15, 0.2) is 0 Å². The normalized spacial score (nSPS) is 14.6. The Kier molecular flexibility index (Phi) is 3.85. The van der Waals surface area contributed by atoms with Crippen LogP contribution in [0.25, 0.3) is 10.6 Å². The van der Waals surface area contributed by atoms with E-state index in [2.05, 4.69) is 41.3 Å². The van der Waals surface area contributed by atoms with E-state index in [1.165, 1.54) is 21.7 Å². The lowest BCUT2D eigenvalue weighted by atomic mass is 10.1. The first-order chi connectivity index (χ1) is 11.3. The summed E-state index contributed by atoms with van der Waals surface area (Å²) in [5, 5.41) is 1.14. The first kappa shape index (κ1) is 14.4. The summed E-state index contributed by atoms with van der Waals surface area (Å²) in [6, 6.07) is 18.7. The van der Waals surface area contributed by atoms with E-state index in [1.807, 2.05) is 29.5 Å². The van der Waals surface area contributed by atoms with Crippen molar-refractivity contribution in [2.24, 2.45) is 0 Å². The molecule has 0 atom stereocenters.